The maximum atomic E-state index is 12.3. The van der Waals surface area contributed by atoms with Gasteiger partial charge in [-0.3, -0.25) is 9.69 Å². The number of ether oxygens (including phenoxy) is 1. The number of aromatic nitrogens is 1. The number of nitrogens with one attached hydrogen (secondary N) is 1. The Morgan fingerprint density at radius 1 is 1.28 bits per heavy atom. The summed E-state index contributed by atoms with van der Waals surface area (Å²) in [5.74, 6) is 0.882. The molecule has 0 spiro atoms. The van der Waals surface area contributed by atoms with Crippen LogP contribution in [0.2, 0.25) is 0 Å². The summed E-state index contributed by atoms with van der Waals surface area (Å²) >= 11 is 1.71. The lowest BCUT2D eigenvalue weighted by molar-refractivity contribution is -0.126. The first-order valence-electron chi connectivity index (χ1n) is 10.6. The van der Waals surface area contributed by atoms with Crippen LogP contribution in [0.1, 0.15) is 50.3 Å². The molecule has 0 saturated carbocycles. The Bertz CT molecular complexity index is 765. The predicted molar refractivity (Wildman–Crippen MR) is 119 cm³/mol. The third-order valence-electron chi connectivity index (χ3n) is 5.54. The first-order chi connectivity index (χ1) is 14.1. The van der Waals surface area contributed by atoms with E-state index >= 15 is 0 Å². The van der Waals surface area contributed by atoms with E-state index in [9.17, 15) is 4.79 Å². The summed E-state index contributed by atoms with van der Waals surface area (Å²) in [5.41, 5.74) is 3.67. The fourth-order valence-electron chi connectivity index (χ4n) is 3.68. The van der Waals surface area contributed by atoms with Crippen LogP contribution in [0.3, 0.4) is 0 Å². The minimum atomic E-state index is 0.138. The quantitative estimate of drug-likeness (QED) is 0.621. The smallest absolute Gasteiger partial charge is 0.223 e. The minimum absolute atomic E-state index is 0.138. The van der Waals surface area contributed by atoms with Crippen LogP contribution in [-0.2, 0) is 16.1 Å². The van der Waals surface area contributed by atoms with Crippen molar-refractivity contribution in [2.24, 2.45) is 5.92 Å². The van der Waals surface area contributed by atoms with Crippen molar-refractivity contribution in [3.05, 3.63) is 40.9 Å². The molecular formula is C23H33N3O2S. The molecule has 2 heterocycles. The van der Waals surface area contributed by atoms with Crippen molar-refractivity contribution in [3.8, 4) is 10.6 Å². The van der Waals surface area contributed by atoms with Gasteiger partial charge in [0.1, 0.15) is 5.01 Å². The van der Waals surface area contributed by atoms with Crippen molar-refractivity contribution in [1.82, 2.24) is 15.2 Å². The number of benzene rings is 1. The largest absolute Gasteiger partial charge is 0.385 e. The second-order valence-electron chi connectivity index (χ2n) is 8.11. The number of carbonyl (C=O) groups excluding carboxylic acids is 1. The zero-order chi connectivity index (χ0) is 20.6. The maximum absolute atomic E-state index is 12.3. The molecule has 29 heavy (non-hydrogen) atoms. The average molecular weight is 416 g/mol. The highest BCUT2D eigenvalue weighted by molar-refractivity contribution is 7.13. The van der Waals surface area contributed by atoms with Crippen molar-refractivity contribution in [3.63, 3.8) is 0 Å². The SMILES string of the molecule is COCCCNC(=O)C1CCN(Cc2csc(-c3ccc(C(C)C)cc3)n2)CC1. The zero-order valence-corrected chi connectivity index (χ0v) is 18.6. The number of methoxy groups -OCH3 is 1. The van der Waals surface area contributed by atoms with E-state index in [0.717, 1.165) is 49.6 Å². The lowest BCUT2D eigenvalue weighted by Crippen LogP contribution is -2.40. The van der Waals surface area contributed by atoms with E-state index in [1.807, 2.05) is 0 Å². The van der Waals surface area contributed by atoms with E-state index in [2.05, 4.69) is 53.7 Å². The van der Waals surface area contributed by atoms with Crippen LogP contribution in [0.5, 0.6) is 0 Å². The van der Waals surface area contributed by atoms with Crippen molar-refractivity contribution in [2.45, 2.75) is 45.6 Å². The summed E-state index contributed by atoms with van der Waals surface area (Å²) in [5, 5.41) is 6.29. The van der Waals surface area contributed by atoms with E-state index in [-0.39, 0.29) is 11.8 Å². The molecule has 0 atom stereocenters. The molecule has 3 rings (SSSR count). The van der Waals surface area contributed by atoms with Gasteiger partial charge in [-0.05, 0) is 43.8 Å². The summed E-state index contributed by atoms with van der Waals surface area (Å²) in [4.78, 5) is 19.5. The molecule has 0 unspecified atom stereocenters. The zero-order valence-electron chi connectivity index (χ0n) is 17.8. The summed E-state index contributed by atoms with van der Waals surface area (Å²) in [6.45, 7) is 8.58. The molecular weight excluding hydrogens is 382 g/mol. The first kappa shape index (κ1) is 21.9. The fraction of sp³-hybridized carbons (Fsp3) is 0.565. The lowest BCUT2D eigenvalue weighted by atomic mass is 9.96. The number of nitrogens with zero attached hydrogens (tertiary/aromatic N) is 2. The van der Waals surface area contributed by atoms with Crippen LogP contribution in [0.15, 0.2) is 29.6 Å². The Hall–Kier alpha value is -1.76. The molecule has 1 aromatic heterocycles. The van der Waals surface area contributed by atoms with E-state index in [0.29, 0.717) is 19.1 Å². The maximum Gasteiger partial charge on any atom is 0.223 e. The van der Waals surface area contributed by atoms with Crippen molar-refractivity contribution < 1.29 is 9.53 Å². The second kappa shape index (κ2) is 10.9. The van der Waals surface area contributed by atoms with Gasteiger partial charge < -0.3 is 10.1 Å². The highest BCUT2D eigenvalue weighted by Crippen LogP contribution is 2.27. The number of hydrogen-bond donors (Lipinski definition) is 1. The first-order valence-corrected chi connectivity index (χ1v) is 11.5. The van der Waals surface area contributed by atoms with Gasteiger partial charge in [0.05, 0.1) is 5.69 Å². The van der Waals surface area contributed by atoms with E-state index < -0.39 is 0 Å². The summed E-state index contributed by atoms with van der Waals surface area (Å²) in [6, 6.07) is 8.75. The van der Waals surface area contributed by atoms with Crippen LogP contribution in [0.4, 0.5) is 0 Å². The fourth-order valence-corrected chi connectivity index (χ4v) is 4.49. The molecule has 2 aromatic rings. The number of piperidine rings is 1. The van der Waals surface area contributed by atoms with Gasteiger partial charge >= 0.3 is 0 Å². The molecule has 1 fully saturated rings. The van der Waals surface area contributed by atoms with Gasteiger partial charge in [0.2, 0.25) is 5.91 Å². The Morgan fingerprint density at radius 3 is 2.66 bits per heavy atom. The van der Waals surface area contributed by atoms with Gasteiger partial charge in [-0.1, -0.05) is 38.1 Å². The lowest BCUT2D eigenvalue weighted by Gasteiger charge is -2.30. The monoisotopic (exact) mass is 415 g/mol. The van der Waals surface area contributed by atoms with Crippen molar-refractivity contribution >= 4 is 17.2 Å². The summed E-state index contributed by atoms with van der Waals surface area (Å²) < 4.78 is 5.02. The third-order valence-corrected chi connectivity index (χ3v) is 6.48. The average Bonchev–Trinajstić information content (AvgIpc) is 3.20. The Morgan fingerprint density at radius 2 is 2.00 bits per heavy atom. The molecule has 0 aliphatic carbocycles. The van der Waals surface area contributed by atoms with Crippen LogP contribution >= 0.6 is 11.3 Å². The van der Waals surface area contributed by atoms with E-state index in [1.54, 1.807) is 18.4 Å². The number of amides is 1. The summed E-state index contributed by atoms with van der Waals surface area (Å²) in [6.07, 6.45) is 2.71. The number of carbonyl (C=O) groups is 1. The highest BCUT2D eigenvalue weighted by Gasteiger charge is 2.25. The minimum Gasteiger partial charge on any atom is -0.385 e. The highest BCUT2D eigenvalue weighted by atomic mass is 32.1. The number of likely N-dealkylation sites (tertiary alicyclic amines) is 1. The van der Waals surface area contributed by atoms with Gasteiger partial charge in [-0.15, -0.1) is 11.3 Å². The standard InChI is InChI=1S/C23H33N3O2S/c1-17(2)18-5-7-20(8-6-18)23-25-21(16-29-23)15-26-12-9-19(10-13-26)22(27)24-11-4-14-28-3/h5-8,16-17,19H,4,9-15H2,1-3H3,(H,24,27). The molecule has 1 aliphatic rings. The van der Waals surface area contributed by atoms with Crippen molar-refractivity contribution in [1.29, 1.82) is 0 Å². The second-order valence-corrected chi connectivity index (χ2v) is 8.97. The van der Waals surface area contributed by atoms with Crippen LogP contribution in [-0.4, -0.2) is 49.1 Å². The molecule has 6 heteroatoms. The van der Waals surface area contributed by atoms with Crippen LogP contribution in [0, 0.1) is 5.92 Å². The van der Waals surface area contributed by atoms with Gasteiger partial charge in [0.15, 0.2) is 0 Å². The van der Waals surface area contributed by atoms with Gasteiger partial charge in [0.25, 0.3) is 0 Å². The van der Waals surface area contributed by atoms with Gasteiger partial charge in [0, 0.05) is 43.7 Å². The Labute approximate surface area is 178 Å². The number of thiazole rings is 1. The molecule has 1 N–H and O–H groups in total. The number of rotatable bonds is 9. The Balaban J connectivity index is 1.46. The molecule has 1 saturated heterocycles. The van der Waals surface area contributed by atoms with Crippen LogP contribution < -0.4 is 5.32 Å². The molecule has 1 aromatic carbocycles. The molecule has 1 aliphatic heterocycles. The van der Waals surface area contributed by atoms with Gasteiger partial charge in [-0.25, -0.2) is 4.98 Å². The third kappa shape index (κ3) is 6.36. The topological polar surface area (TPSA) is 54.5 Å². The molecule has 0 bridgehead atoms. The molecule has 5 nitrogen and oxygen atoms in total. The molecule has 1 amide bonds. The predicted octanol–water partition coefficient (Wildman–Crippen LogP) is 4.30. The molecule has 0 radical (unpaired) electrons. The molecule has 158 valence electrons. The Kier molecular flexibility index (Phi) is 8.21. The van der Waals surface area contributed by atoms with Crippen LogP contribution in [0.25, 0.3) is 10.6 Å². The summed E-state index contributed by atoms with van der Waals surface area (Å²) in [7, 11) is 1.69. The normalized spacial score (nSPS) is 15.7. The van der Waals surface area contributed by atoms with E-state index in [4.69, 9.17) is 9.72 Å². The van der Waals surface area contributed by atoms with Gasteiger partial charge in [-0.2, -0.15) is 0 Å². The number of hydrogen-bond acceptors (Lipinski definition) is 5. The van der Waals surface area contributed by atoms with E-state index in [1.165, 1.54) is 11.1 Å². The van der Waals surface area contributed by atoms with Crippen molar-refractivity contribution in [2.75, 3.05) is 33.4 Å².